The van der Waals surface area contributed by atoms with Gasteiger partial charge in [0.2, 0.25) is 5.91 Å². The molecule has 0 aromatic heterocycles. The van der Waals surface area contributed by atoms with Crippen LogP contribution in [-0.2, 0) is 29.9 Å². The van der Waals surface area contributed by atoms with E-state index in [4.69, 9.17) is 0 Å². The van der Waals surface area contributed by atoms with Gasteiger partial charge in [-0.15, -0.1) is 0 Å². The molecule has 8 heteroatoms. The Morgan fingerprint density at radius 2 is 1.95 bits per heavy atom. The fourth-order valence-electron chi connectivity index (χ4n) is 1.58. The van der Waals surface area contributed by atoms with E-state index in [2.05, 4.69) is 22.7 Å². The van der Waals surface area contributed by atoms with Crippen molar-refractivity contribution in [2.75, 3.05) is 17.5 Å². The van der Waals surface area contributed by atoms with Crippen LogP contribution in [0.1, 0.15) is 24.0 Å². The van der Waals surface area contributed by atoms with Crippen molar-refractivity contribution >= 4 is 40.0 Å². The van der Waals surface area contributed by atoms with Gasteiger partial charge >= 0.3 is 5.97 Å². The van der Waals surface area contributed by atoms with Gasteiger partial charge in [0.1, 0.15) is 0 Å². The number of benzene rings is 1. The summed E-state index contributed by atoms with van der Waals surface area (Å²) in [7, 11) is -3.37. The van der Waals surface area contributed by atoms with Gasteiger partial charge in [0, 0.05) is 24.1 Å². The van der Waals surface area contributed by atoms with Crippen LogP contribution in [0.3, 0.4) is 0 Å². The first-order valence-corrected chi connectivity index (χ1v) is 9.24. The van der Waals surface area contributed by atoms with Crippen LogP contribution in [0.5, 0.6) is 0 Å². The molecule has 0 heterocycles. The maximum absolute atomic E-state index is 11.8. The number of nitrogens with one attached hydrogen (secondary N) is 1. The second-order valence-electron chi connectivity index (χ2n) is 4.92. The number of carbonyl (C=O) groups excluding carboxylic acids is 2. The average Bonchev–Trinajstić information content (AvgIpc) is 2.44. The van der Waals surface area contributed by atoms with E-state index in [1.54, 1.807) is 0 Å². The summed E-state index contributed by atoms with van der Waals surface area (Å²) >= 11 is 4.17. The van der Waals surface area contributed by atoms with E-state index in [0.29, 0.717) is 11.4 Å². The summed E-state index contributed by atoms with van der Waals surface area (Å²) in [5, 5.41) is 2.71. The molecule has 0 bridgehead atoms. The molecular formula is C14H19NO5S2. The van der Waals surface area contributed by atoms with Crippen molar-refractivity contribution in [3.05, 3.63) is 29.3 Å². The number of amides is 1. The predicted molar refractivity (Wildman–Crippen MR) is 87.5 cm³/mol. The molecular weight excluding hydrogens is 326 g/mol. The molecule has 6 nitrogen and oxygen atoms in total. The Kier molecular flexibility index (Phi) is 6.89. The topological polar surface area (TPSA) is 89.5 Å². The standard InChI is InChI=1S/C14H19NO5S2/c1-10-3-4-11(8-21)7-12(10)15-13(16)5-6-14(17)20-9-22(2,18)19/h3-4,7,21H,5-6,8-9H2,1-2H3,(H,15,16). The summed E-state index contributed by atoms with van der Waals surface area (Å²) in [5.41, 5.74) is 2.54. The fraction of sp³-hybridized carbons (Fsp3) is 0.429. The zero-order chi connectivity index (χ0) is 16.8. The molecule has 122 valence electrons. The first-order chi connectivity index (χ1) is 10.2. The van der Waals surface area contributed by atoms with Crippen molar-refractivity contribution in [3.63, 3.8) is 0 Å². The molecule has 1 aromatic rings. The second kappa shape index (κ2) is 8.19. The molecule has 0 radical (unpaired) electrons. The van der Waals surface area contributed by atoms with Gasteiger partial charge in [-0.25, -0.2) is 8.42 Å². The average molecular weight is 345 g/mol. The minimum absolute atomic E-state index is 0.0763. The maximum Gasteiger partial charge on any atom is 0.307 e. The van der Waals surface area contributed by atoms with Gasteiger partial charge in [-0.1, -0.05) is 12.1 Å². The van der Waals surface area contributed by atoms with Crippen molar-refractivity contribution in [1.29, 1.82) is 0 Å². The van der Waals surface area contributed by atoms with Crippen LogP contribution in [0, 0.1) is 6.92 Å². The second-order valence-corrected chi connectivity index (χ2v) is 7.32. The Hall–Kier alpha value is -1.54. The van der Waals surface area contributed by atoms with Crippen molar-refractivity contribution < 1.29 is 22.7 Å². The lowest BCUT2D eigenvalue weighted by Gasteiger charge is -2.10. The summed E-state index contributed by atoms with van der Waals surface area (Å²) in [6, 6.07) is 5.62. The number of aryl methyl sites for hydroxylation is 1. The normalized spacial score (nSPS) is 11.0. The molecule has 1 amide bonds. The van der Waals surface area contributed by atoms with E-state index < -0.39 is 21.7 Å². The van der Waals surface area contributed by atoms with E-state index in [1.807, 2.05) is 25.1 Å². The largest absolute Gasteiger partial charge is 0.449 e. The Morgan fingerprint density at radius 1 is 1.27 bits per heavy atom. The smallest absolute Gasteiger partial charge is 0.307 e. The quantitative estimate of drug-likeness (QED) is 0.580. The Balaban J connectivity index is 2.48. The molecule has 0 unspecified atom stereocenters. The minimum atomic E-state index is -3.37. The lowest BCUT2D eigenvalue weighted by molar-refractivity contribution is -0.142. The van der Waals surface area contributed by atoms with Gasteiger partial charge in [-0.2, -0.15) is 12.6 Å². The summed E-state index contributed by atoms with van der Waals surface area (Å²) in [4.78, 5) is 23.2. The zero-order valence-corrected chi connectivity index (χ0v) is 14.2. The number of anilines is 1. The molecule has 1 rings (SSSR count). The molecule has 0 fully saturated rings. The number of esters is 1. The van der Waals surface area contributed by atoms with E-state index in [9.17, 15) is 18.0 Å². The first-order valence-electron chi connectivity index (χ1n) is 6.55. The third-order valence-electron chi connectivity index (χ3n) is 2.75. The highest BCUT2D eigenvalue weighted by Gasteiger charge is 2.12. The Labute approximate surface area is 135 Å². The number of rotatable bonds is 7. The SMILES string of the molecule is Cc1ccc(CS)cc1NC(=O)CCC(=O)OCS(C)(=O)=O. The van der Waals surface area contributed by atoms with Gasteiger partial charge in [0.05, 0.1) is 6.42 Å². The number of carbonyl (C=O) groups is 2. The van der Waals surface area contributed by atoms with Gasteiger partial charge < -0.3 is 10.1 Å². The van der Waals surface area contributed by atoms with Gasteiger partial charge in [-0.3, -0.25) is 9.59 Å². The summed E-state index contributed by atoms with van der Waals surface area (Å²) < 4.78 is 26.3. The molecule has 0 saturated carbocycles. The van der Waals surface area contributed by atoms with Crippen molar-refractivity contribution in [2.45, 2.75) is 25.5 Å². The summed E-state index contributed by atoms with van der Waals surface area (Å²) in [6.45, 7) is 1.86. The van der Waals surface area contributed by atoms with Gasteiger partial charge in [-0.05, 0) is 24.1 Å². The highest BCUT2D eigenvalue weighted by Crippen LogP contribution is 2.18. The van der Waals surface area contributed by atoms with Crippen molar-refractivity contribution in [2.24, 2.45) is 0 Å². The molecule has 1 aromatic carbocycles. The Morgan fingerprint density at radius 3 is 2.55 bits per heavy atom. The monoisotopic (exact) mass is 345 g/mol. The molecule has 0 aliphatic heterocycles. The number of hydrogen-bond donors (Lipinski definition) is 2. The number of thiol groups is 1. The summed E-state index contributed by atoms with van der Waals surface area (Å²) in [5.74, 6) is -1.17. The molecule has 0 saturated heterocycles. The number of sulfone groups is 1. The van der Waals surface area contributed by atoms with Crippen LogP contribution in [0.4, 0.5) is 5.69 Å². The van der Waals surface area contributed by atoms with Gasteiger partial charge in [0.25, 0.3) is 0 Å². The van der Waals surface area contributed by atoms with E-state index in [0.717, 1.165) is 17.4 Å². The summed E-state index contributed by atoms with van der Waals surface area (Å²) in [6.07, 6.45) is 0.712. The molecule has 0 atom stereocenters. The van der Waals surface area contributed by atoms with Crippen LogP contribution < -0.4 is 5.32 Å². The lowest BCUT2D eigenvalue weighted by atomic mass is 10.1. The Bertz CT molecular complexity index is 655. The van der Waals surface area contributed by atoms with E-state index in [-0.39, 0.29) is 18.7 Å². The molecule has 1 N–H and O–H groups in total. The van der Waals surface area contributed by atoms with Crippen molar-refractivity contribution in [1.82, 2.24) is 0 Å². The van der Waals surface area contributed by atoms with Crippen molar-refractivity contribution in [3.8, 4) is 0 Å². The van der Waals surface area contributed by atoms with Crippen LogP contribution in [-0.4, -0.2) is 32.5 Å². The minimum Gasteiger partial charge on any atom is -0.449 e. The van der Waals surface area contributed by atoms with E-state index in [1.165, 1.54) is 0 Å². The zero-order valence-electron chi connectivity index (χ0n) is 12.5. The molecule has 0 spiro atoms. The number of ether oxygens (including phenoxy) is 1. The molecule has 22 heavy (non-hydrogen) atoms. The van der Waals surface area contributed by atoms with Crippen LogP contribution in [0.15, 0.2) is 18.2 Å². The molecule has 0 aliphatic carbocycles. The predicted octanol–water partition coefficient (Wildman–Crippen LogP) is 1.69. The fourth-order valence-corrected chi connectivity index (χ4v) is 2.12. The number of hydrogen-bond acceptors (Lipinski definition) is 6. The van der Waals surface area contributed by atoms with Crippen LogP contribution >= 0.6 is 12.6 Å². The van der Waals surface area contributed by atoms with Crippen LogP contribution in [0.2, 0.25) is 0 Å². The third kappa shape index (κ3) is 6.95. The highest BCUT2D eigenvalue weighted by atomic mass is 32.2. The highest BCUT2D eigenvalue weighted by molar-refractivity contribution is 7.90. The third-order valence-corrected chi connectivity index (χ3v) is 3.66. The van der Waals surface area contributed by atoms with Gasteiger partial charge in [0.15, 0.2) is 15.8 Å². The van der Waals surface area contributed by atoms with E-state index >= 15 is 0 Å². The molecule has 0 aliphatic rings. The first kappa shape index (κ1) is 18.5. The van der Waals surface area contributed by atoms with Crippen LogP contribution in [0.25, 0.3) is 0 Å². The maximum atomic E-state index is 11.8. The lowest BCUT2D eigenvalue weighted by Crippen LogP contribution is -2.17.